The summed E-state index contributed by atoms with van der Waals surface area (Å²) in [5.41, 5.74) is 5.25. The van der Waals surface area contributed by atoms with Crippen molar-refractivity contribution in [1.29, 1.82) is 0 Å². The molecule has 2 amide bonds. The lowest BCUT2D eigenvalue weighted by Gasteiger charge is -2.27. The minimum atomic E-state index is -0.920. The predicted molar refractivity (Wildman–Crippen MR) is 100 cm³/mol. The summed E-state index contributed by atoms with van der Waals surface area (Å²) >= 11 is 0. The molecule has 1 aromatic carbocycles. The monoisotopic (exact) mass is 386 g/mol. The molecule has 3 N–H and O–H groups in total. The van der Waals surface area contributed by atoms with Gasteiger partial charge in [-0.1, -0.05) is 0 Å². The molecule has 28 heavy (non-hydrogen) atoms. The van der Waals surface area contributed by atoms with E-state index in [0.717, 1.165) is 37.9 Å². The Balaban J connectivity index is 1.31. The summed E-state index contributed by atoms with van der Waals surface area (Å²) in [7, 11) is 0. The van der Waals surface area contributed by atoms with Crippen molar-refractivity contribution < 1.29 is 24.2 Å². The Kier molecular flexibility index (Phi) is 5.24. The van der Waals surface area contributed by atoms with E-state index in [4.69, 9.17) is 4.74 Å². The number of aliphatic carboxylic acids is 1. The van der Waals surface area contributed by atoms with Gasteiger partial charge in [-0.15, -0.1) is 0 Å². The molecule has 150 valence electrons. The number of carboxylic acid groups (broad SMARTS) is 1. The normalized spacial score (nSPS) is 28.9. The van der Waals surface area contributed by atoms with Crippen molar-refractivity contribution >= 4 is 17.8 Å². The maximum Gasteiger partial charge on any atom is 0.307 e. The van der Waals surface area contributed by atoms with Gasteiger partial charge in [0, 0.05) is 5.56 Å². The van der Waals surface area contributed by atoms with Crippen molar-refractivity contribution in [3.8, 4) is 5.75 Å². The van der Waals surface area contributed by atoms with Crippen LogP contribution in [0.15, 0.2) is 24.3 Å². The molecule has 7 heteroatoms. The molecule has 1 aromatic rings. The van der Waals surface area contributed by atoms with Crippen molar-refractivity contribution in [3.63, 3.8) is 0 Å². The number of ether oxygens (including phenoxy) is 1. The van der Waals surface area contributed by atoms with Gasteiger partial charge in [0.2, 0.25) is 5.91 Å². The molecule has 0 radical (unpaired) electrons. The maximum absolute atomic E-state index is 12.5. The van der Waals surface area contributed by atoms with Gasteiger partial charge >= 0.3 is 5.97 Å². The Morgan fingerprint density at radius 2 is 1.54 bits per heavy atom. The fourth-order valence-corrected chi connectivity index (χ4v) is 5.18. The second-order valence-corrected chi connectivity index (χ2v) is 8.22. The molecule has 0 aromatic heterocycles. The summed E-state index contributed by atoms with van der Waals surface area (Å²) in [5, 5.41) is 9.46. The highest BCUT2D eigenvalue weighted by molar-refractivity contribution is 5.96. The third kappa shape index (κ3) is 3.70. The van der Waals surface area contributed by atoms with Gasteiger partial charge in [0.05, 0.1) is 17.9 Å². The molecule has 7 nitrogen and oxygen atoms in total. The second kappa shape index (κ2) is 7.81. The van der Waals surface area contributed by atoms with Crippen molar-refractivity contribution in [1.82, 2.24) is 10.9 Å². The molecule has 3 saturated carbocycles. The highest BCUT2D eigenvalue weighted by Gasteiger charge is 2.54. The Hall–Kier alpha value is -2.57. The molecule has 4 rings (SSSR count). The summed E-state index contributed by atoms with van der Waals surface area (Å²) in [6.07, 6.45) is 7.29. The summed E-state index contributed by atoms with van der Waals surface area (Å²) < 4.78 is 5.88. The molecule has 0 heterocycles. The summed E-state index contributed by atoms with van der Waals surface area (Å²) in [6, 6.07) is 6.82. The van der Waals surface area contributed by atoms with E-state index in [2.05, 4.69) is 10.9 Å². The van der Waals surface area contributed by atoms with E-state index in [1.165, 1.54) is 12.8 Å². The Morgan fingerprint density at radius 3 is 2.18 bits per heavy atom. The number of carboxylic acids is 1. The predicted octanol–water partition coefficient (Wildman–Crippen LogP) is 2.52. The van der Waals surface area contributed by atoms with Gasteiger partial charge in [-0.05, 0) is 81.0 Å². The van der Waals surface area contributed by atoms with Crippen molar-refractivity contribution in [2.75, 3.05) is 0 Å². The van der Waals surface area contributed by atoms with E-state index in [-0.39, 0.29) is 17.9 Å². The van der Waals surface area contributed by atoms with Crippen molar-refractivity contribution in [3.05, 3.63) is 29.8 Å². The number of hydrazine groups is 1. The minimum absolute atomic E-state index is 0.0707. The zero-order chi connectivity index (χ0) is 19.7. The largest absolute Gasteiger partial charge is 0.490 e. The number of amides is 2. The van der Waals surface area contributed by atoms with Gasteiger partial charge in [-0.2, -0.15) is 0 Å². The highest BCUT2D eigenvalue weighted by atomic mass is 16.5. The number of carbonyl (C=O) groups excluding carboxylic acids is 2. The van der Waals surface area contributed by atoms with Crippen LogP contribution in [-0.4, -0.2) is 29.0 Å². The van der Waals surface area contributed by atoms with E-state index in [1.54, 1.807) is 24.3 Å². The molecular weight excluding hydrogens is 360 g/mol. The summed E-state index contributed by atoms with van der Waals surface area (Å²) in [4.78, 5) is 36.4. The minimum Gasteiger partial charge on any atom is -0.490 e. The van der Waals surface area contributed by atoms with Crippen LogP contribution in [0.2, 0.25) is 0 Å². The zero-order valence-corrected chi connectivity index (χ0v) is 15.7. The number of benzene rings is 1. The van der Waals surface area contributed by atoms with Crippen LogP contribution in [0, 0.1) is 23.7 Å². The molecule has 3 aliphatic rings. The SMILES string of the molecule is O=C(NNC(=O)[C@@H]1[C@@H]2CC[C@@H](C2)[C@@H]1C(=O)O)c1ccc(OC2CCCC2)cc1. The third-order valence-electron chi connectivity index (χ3n) is 6.52. The number of carbonyl (C=O) groups is 3. The Bertz CT molecular complexity index is 757. The fourth-order valence-electron chi connectivity index (χ4n) is 5.18. The molecule has 4 atom stereocenters. The Labute approximate surface area is 163 Å². The van der Waals surface area contributed by atoms with Crippen LogP contribution in [0.3, 0.4) is 0 Å². The molecule has 0 spiro atoms. The van der Waals surface area contributed by atoms with Crippen LogP contribution >= 0.6 is 0 Å². The molecular formula is C21H26N2O5. The van der Waals surface area contributed by atoms with Crippen molar-refractivity contribution in [2.24, 2.45) is 23.7 Å². The lowest BCUT2D eigenvalue weighted by Crippen LogP contribution is -2.48. The van der Waals surface area contributed by atoms with Crippen LogP contribution in [0.25, 0.3) is 0 Å². The first kappa shape index (κ1) is 18.8. The summed E-state index contributed by atoms with van der Waals surface area (Å²) in [5.74, 6) is -2.09. The molecule has 3 fully saturated rings. The third-order valence-corrected chi connectivity index (χ3v) is 6.52. The standard InChI is InChI=1S/C21H26N2O5/c24-19(12-7-9-16(10-8-12)28-15-3-1-2-4-15)22-23-20(25)17-13-5-6-14(11-13)18(17)21(26)27/h7-10,13-15,17-18H,1-6,11H2,(H,22,24)(H,23,25)(H,26,27)/t13-,14+,17-,18+/m1/s1. The highest BCUT2D eigenvalue weighted by Crippen LogP contribution is 2.52. The lowest BCUT2D eigenvalue weighted by atomic mass is 9.79. The van der Waals surface area contributed by atoms with Gasteiger partial charge in [-0.3, -0.25) is 25.2 Å². The van der Waals surface area contributed by atoms with Gasteiger partial charge in [0.1, 0.15) is 5.75 Å². The maximum atomic E-state index is 12.5. The average Bonchev–Trinajstić information content (AvgIpc) is 3.43. The van der Waals surface area contributed by atoms with Crippen LogP contribution in [0.1, 0.15) is 55.3 Å². The number of hydrogen-bond acceptors (Lipinski definition) is 4. The zero-order valence-electron chi connectivity index (χ0n) is 15.7. The van der Waals surface area contributed by atoms with Crippen LogP contribution in [-0.2, 0) is 9.59 Å². The Morgan fingerprint density at radius 1 is 0.893 bits per heavy atom. The van der Waals surface area contributed by atoms with Gasteiger partial charge in [0.25, 0.3) is 5.91 Å². The van der Waals surface area contributed by atoms with Gasteiger partial charge < -0.3 is 9.84 Å². The molecule has 0 aliphatic heterocycles. The molecule has 0 saturated heterocycles. The first-order chi connectivity index (χ1) is 13.5. The molecule has 3 aliphatic carbocycles. The van der Waals surface area contributed by atoms with Crippen molar-refractivity contribution in [2.45, 2.75) is 51.0 Å². The fraction of sp³-hybridized carbons (Fsp3) is 0.571. The van der Waals surface area contributed by atoms with Crippen LogP contribution in [0.5, 0.6) is 5.75 Å². The first-order valence-corrected chi connectivity index (χ1v) is 10.1. The van der Waals surface area contributed by atoms with E-state index in [0.29, 0.717) is 5.56 Å². The number of rotatable bonds is 5. The first-order valence-electron chi connectivity index (χ1n) is 10.1. The van der Waals surface area contributed by atoms with Gasteiger partial charge in [-0.25, -0.2) is 0 Å². The van der Waals surface area contributed by atoms with E-state index in [9.17, 15) is 19.5 Å². The second-order valence-electron chi connectivity index (χ2n) is 8.22. The topological polar surface area (TPSA) is 105 Å². The average molecular weight is 386 g/mol. The van der Waals surface area contributed by atoms with Crippen LogP contribution in [0.4, 0.5) is 0 Å². The lowest BCUT2D eigenvalue weighted by molar-refractivity contribution is -0.149. The number of fused-ring (bicyclic) bond motifs is 2. The molecule has 2 bridgehead atoms. The number of hydrogen-bond donors (Lipinski definition) is 3. The van der Waals surface area contributed by atoms with E-state index in [1.807, 2.05) is 0 Å². The van der Waals surface area contributed by atoms with E-state index < -0.39 is 29.6 Å². The smallest absolute Gasteiger partial charge is 0.307 e. The van der Waals surface area contributed by atoms with Gasteiger partial charge in [0.15, 0.2) is 0 Å². The summed E-state index contributed by atoms with van der Waals surface area (Å²) in [6.45, 7) is 0. The molecule has 0 unspecified atom stereocenters. The van der Waals surface area contributed by atoms with E-state index >= 15 is 0 Å². The quantitative estimate of drug-likeness (QED) is 0.675. The number of nitrogens with one attached hydrogen (secondary N) is 2. The van der Waals surface area contributed by atoms with Crippen LogP contribution < -0.4 is 15.6 Å².